The monoisotopic (exact) mass is 433 g/mol. The first-order valence-corrected chi connectivity index (χ1v) is 11.2. The van der Waals surface area contributed by atoms with Gasteiger partial charge in [-0.1, -0.05) is 6.07 Å². The quantitative estimate of drug-likeness (QED) is 0.648. The van der Waals surface area contributed by atoms with E-state index in [0.29, 0.717) is 24.0 Å². The van der Waals surface area contributed by atoms with E-state index in [0.717, 1.165) is 55.8 Å². The van der Waals surface area contributed by atoms with Crippen molar-refractivity contribution in [3.63, 3.8) is 0 Å². The number of carbonyl (C=O) groups excluding carboxylic acids is 1. The second-order valence-electron chi connectivity index (χ2n) is 8.47. The fraction of sp³-hybridized carbons (Fsp3) is 0.375. The SMILES string of the molecule is CCn1c(=O)[nH]c2cc(CN3CCN(c4ccc5c(c4)CCNC5=O)CC3)ccc2c1=O. The molecule has 3 aromatic rings. The van der Waals surface area contributed by atoms with Crippen LogP contribution in [-0.2, 0) is 19.5 Å². The Kier molecular flexibility index (Phi) is 5.30. The molecule has 1 saturated heterocycles. The molecule has 8 heteroatoms. The number of benzene rings is 2. The van der Waals surface area contributed by atoms with Gasteiger partial charge in [-0.2, -0.15) is 0 Å². The van der Waals surface area contributed by atoms with Crippen LogP contribution in [0.5, 0.6) is 0 Å². The van der Waals surface area contributed by atoms with E-state index < -0.39 is 0 Å². The van der Waals surface area contributed by atoms with Gasteiger partial charge in [-0.25, -0.2) is 4.79 Å². The van der Waals surface area contributed by atoms with Crippen molar-refractivity contribution in [2.24, 2.45) is 0 Å². The largest absolute Gasteiger partial charge is 0.369 e. The topological polar surface area (TPSA) is 90.4 Å². The molecule has 2 aliphatic heterocycles. The highest BCUT2D eigenvalue weighted by Crippen LogP contribution is 2.24. The Labute approximate surface area is 185 Å². The van der Waals surface area contributed by atoms with Crippen molar-refractivity contribution in [3.8, 4) is 0 Å². The first-order chi connectivity index (χ1) is 15.5. The van der Waals surface area contributed by atoms with E-state index in [4.69, 9.17) is 0 Å². The van der Waals surface area contributed by atoms with Crippen LogP contribution >= 0.6 is 0 Å². The molecule has 0 radical (unpaired) electrons. The normalized spacial score (nSPS) is 16.8. The predicted molar refractivity (Wildman–Crippen MR) is 124 cm³/mol. The third-order valence-corrected chi connectivity index (χ3v) is 6.52. The number of piperazine rings is 1. The lowest BCUT2D eigenvalue weighted by Crippen LogP contribution is -2.46. The zero-order valence-corrected chi connectivity index (χ0v) is 18.2. The van der Waals surface area contributed by atoms with Gasteiger partial charge in [0, 0.05) is 57.1 Å². The molecule has 5 rings (SSSR count). The van der Waals surface area contributed by atoms with Crippen molar-refractivity contribution in [2.45, 2.75) is 26.4 Å². The van der Waals surface area contributed by atoms with Gasteiger partial charge in [0.05, 0.1) is 10.9 Å². The molecule has 8 nitrogen and oxygen atoms in total. The number of nitrogens with one attached hydrogen (secondary N) is 2. The summed E-state index contributed by atoms with van der Waals surface area (Å²) in [4.78, 5) is 44.2. The maximum Gasteiger partial charge on any atom is 0.328 e. The van der Waals surface area contributed by atoms with Crippen molar-refractivity contribution in [3.05, 3.63) is 73.9 Å². The van der Waals surface area contributed by atoms with E-state index in [1.54, 1.807) is 6.92 Å². The number of aromatic amines is 1. The van der Waals surface area contributed by atoms with Gasteiger partial charge in [0.2, 0.25) is 0 Å². The van der Waals surface area contributed by atoms with Gasteiger partial charge >= 0.3 is 5.69 Å². The van der Waals surface area contributed by atoms with Gasteiger partial charge in [0.15, 0.2) is 0 Å². The standard InChI is InChI=1S/C24H27N5O3/c1-2-29-23(31)20-5-3-16(13-21(20)26-24(29)32)15-27-9-11-28(12-10-27)18-4-6-19-17(14-18)7-8-25-22(19)30/h3-6,13-14H,2,7-12,15H2,1H3,(H,25,30)(H,26,32). The van der Waals surface area contributed by atoms with Crippen LogP contribution in [0, 0.1) is 0 Å². The van der Waals surface area contributed by atoms with E-state index in [2.05, 4.69) is 26.2 Å². The second-order valence-corrected chi connectivity index (χ2v) is 8.47. The zero-order valence-electron chi connectivity index (χ0n) is 18.2. The summed E-state index contributed by atoms with van der Waals surface area (Å²) in [6.45, 7) is 7.28. The van der Waals surface area contributed by atoms with Gasteiger partial charge in [-0.15, -0.1) is 0 Å². The van der Waals surface area contributed by atoms with Crippen molar-refractivity contribution >= 4 is 22.5 Å². The summed E-state index contributed by atoms with van der Waals surface area (Å²) in [5.74, 6) is 0.0213. The molecule has 0 unspecified atom stereocenters. The van der Waals surface area contributed by atoms with Crippen LogP contribution in [0.15, 0.2) is 46.0 Å². The number of hydrogen-bond donors (Lipinski definition) is 2. The van der Waals surface area contributed by atoms with Gasteiger partial charge in [0.1, 0.15) is 0 Å². The number of fused-ring (bicyclic) bond motifs is 2. The van der Waals surface area contributed by atoms with E-state index in [1.807, 2.05) is 30.3 Å². The molecule has 1 amide bonds. The number of carbonyl (C=O) groups is 1. The number of hydrogen-bond acceptors (Lipinski definition) is 5. The van der Waals surface area contributed by atoms with E-state index >= 15 is 0 Å². The molecule has 0 aliphatic carbocycles. The molecule has 0 atom stereocenters. The Morgan fingerprint density at radius 2 is 1.78 bits per heavy atom. The molecule has 2 aliphatic rings. The zero-order chi connectivity index (χ0) is 22.2. The molecule has 32 heavy (non-hydrogen) atoms. The van der Waals surface area contributed by atoms with Gasteiger partial charge in [-0.05, 0) is 54.8 Å². The van der Waals surface area contributed by atoms with Crippen LogP contribution in [0.4, 0.5) is 5.69 Å². The summed E-state index contributed by atoms with van der Waals surface area (Å²) in [6.07, 6.45) is 0.877. The van der Waals surface area contributed by atoms with Crippen LogP contribution in [0.3, 0.4) is 0 Å². The highest BCUT2D eigenvalue weighted by Gasteiger charge is 2.21. The summed E-state index contributed by atoms with van der Waals surface area (Å²) in [5.41, 5.74) is 4.16. The van der Waals surface area contributed by atoms with Crippen molar-refractivity contribution in [2.75, 3.05) is 37.6 Å². The highest BCUT2D eigenvalue weighted by molar-refractivity contribution is 5.97. The average Bonchev–Trinajstić information content (AvgIpc) is 2.80. The number of anilines is 1. The lowest BCUT2D eigenvalue weighted by atomic mass is 9.99. The Balaban J connectivity index is 1.27. The van der Waals surface area contributed by atoms with Crippen LogP contribution in [0.25, 0.3) is 10.9 Å². The fourth-order valence-electron chi connectivity index (χ4n) is 4.72. The molecule has 3 heterocycles. The van der Waals surface area contributed by atoms with Crippen LogP contribution in [-0.4, -0.2) is 53.1 Å². The Morgan fingerprint density at radius 1 is 0.969 bits per heavy atom. The minimum atomic E-state index is -0.363. The minimum absolute atomic E-state index is 0.0213. The van der Waals surface area contributed by atoms with Crippen molar-refractivity contribution in [1.29, 1.82) is 0 Å². The number of H-pyrrole nitrogens is 1. The Bertz CT molecular complexity index is 1300. The van der Waals surface area contributed by atoms with Crippen LogP contribution in [0.2, 0.25) is 0 Å². The molecule has 1 fully saturated rings. The van der Waals surface area contributed by atoms with E-state index in [9.17, 15) is 14.4 Å². The Morgan fingerprint density at radius 3 is 2.56 bits per heavy atom. The van der Waals surface area contributed by atoms with Gasteiger partial charge in [-0.3, -0.25) is 19.1 Å². The van der Waals surface area contributed by atoms with Crippen molar-refractivity contribution < 1.29 is 4.79 Å². The first kappa shape index (κ1) is 20.5. The highest BCUT2D eigenvalue weighted by atomic mass is 16.2. The second kappa shape index (κ2) is 8.27. The number of aromatic nitrogens is 2. The lowest BCUT2D eigenvalue weighted by molar-refractivity contribution is 0.0946. The summed E-state index contributed by atoms with van der Waals surface area (Å²) in [5, 5.41) is 3.43. The van der Waals surface area contributed by atoms with E-state index in [-0.39, 0.29) is 17.2 Å². The molecule has 0 saturated carbocycles. The van der Waals surface area contributed by atoms with E-state index in [1.165, 1.54) is 10.3 Å². The molecule has 166 valence electrons. The fourth-order valence-corrected chi connectivity index (χ4v) is 4.72. The predicted octanol–water partition coefficient (Wildman–Crippen LogP) is 1.32. The molecule has 2 N–H and O–H groups in total. The number of rotatable bonds is 4. The van der Waals surface area contributed by atoms with Gasteiger partial charge < -0.3 is 15.2 Å². The van der Waals surface area contributed by atoms with Crippen LogP contribution < -0.4 is 21.5 Å². The first-order valence-electron chi connectivity index (χ1n) is 11.2. The minimum Gasteiger partial charge on any atom is -0.369 e. The summed E-state index contributed by atoms with van der Waals surface area (Å²) >= 11 is 0. The average molecular weight is 434 g/mol. The maximum absolute atomic E-state index is 12.5. The summed E-state index contributed by atoms with van der Waals surface area (Å²) in [7, 11) is 0. The summed E-state index contributed by atoms with van der Waals surface area (Å²) < 4.78 is 1.22. The third-order valence-electron chi connectivity index (χ3n) is 6.52. The molecule has 1 aromatic heterocycles. The third kappa shape index (κ3) is 3.71. The maximum atomic E-state index is 12.5. The molecule has 2 aromatic carbocycles. The van der Waals surface area contributed by atoms with Crippen LogP contribution in [0.1, 0.15) is 28.4 Å². The molecule has 0 bridgehead atoms. The molecular weight excluding hydrogens is 406 g/mol. The molecule has 0 spiro atoms. The van der Waals surface area contributed by atoms with Crippen molar-refractivity contribution in [1.82, 2.24) is 19.8 Å². The Hall–Kier alpha value is -3.39. The molecular formula is C24H27N5O3. The smallest absolute Gasteiger partial charge is 0.328 e. The summed E-state index contributed by atoms with van der Waals surface area (Å²) in [6, 6.07) is 11.8. The number of nitrogens with zero attached hydrogens (tertiary/aromatic N) is 3. The lowest BCUT2D eigenvalue weighted by Gasteiger charge is -2.36. The number of amides is 1. The van der Waals surface area contributed by atoms with Gasteiger partial charge in [0.25, 0.3) is 11.5 Å².